The highest BCUT2D eigenvalue weighted by Crippen LogP contribution is 2.26. The topological polar surface area (TPSA) is 18.8 Å². The Labute approximate surface area is 136 Å². The number of hydrogen-bond acceptors (Lipinski definition) is 3. The Morgan fingerprint density at radius 2 is 2.00 bits per heavy atom. The van der Waals surface area contributed by atoms with Gasteiger partial charge in [-0.2, -0.15) is 0 Å². The van der Waals surface area contributed by atoms with Crippen LogP contribution in [0, 0.1) is 5.82 Å². The zero-order chi connectivity index (χ0) is 16.4. The highest BCUT2D eigenvalue weighted by molar-refractivity contribution is 5.98. The Kier molecular flexibility index (Phi) is 4.15. The average Bonchev–Trinajstić information content (AvgIpc) is 2.53. The summed E-state index contributed by atoms with van der Waals surface area (Å²) in [6, 6.07) is 6.56. The number of allylic oxidation sites excluding steroid dienone is 4. The molecule has 3 rings (SSSR count). The summed E-state index contributed by atoms with van der Waals surface area (Å²) in [5.74, 6) is 0.670. The second-order valence-corrected chi connectivity index (χ2v) is 5.59. The first kappa shape index (κ1) is 15.3. The van der Waals surface area contributed by atoms with E-state index in [1.54, 1.807) is 12.1 Å². The van der Waals surface area contributed by atoms with E-state index < -0.39 is 0 Å². The Hall–Kier alpha value is -2.62. The lowest BCUT2D eigenvalue weighted by Crippen LogP contribution is -2.33. The minimum atomic E-state index is -0.222. The van der Waals surface area contributed by atoms with E-state index >= 15 is 0 Å². The third-order valence-corrected chi connectivity index (χ3v) is 3.97. The first-order valence-corrected chi connectivity index (χ1v) is 7.72. The van der Waals surface area contributed by atoms with Gasteiger partial charge in [-0.1, -0.05) is 12.7 Å². The zero-order valence-electron chi connectivity index (χ0n) is 13.5. The molecule has 3 nitrogen and oxygen atoms in total. The zero-order valence-corrected chi connectivity index (χ0v) is 13.5. The fourth-order valence-corrected chi connectivity index (χ4v) is 2.81. The third-order valence-electron chi connectivity index (χ3n) is 3.97. The number of hydrogen-bond donors (Lipinski definition) is 0. The molecule has 0 fully saturated rings. The van der Waals surface area contributed by atoms with Gasteiger partial charge in [0.1, 0.15) is 11.7 Å². The van der Waals surface area contributed by atoms with Crippen LogP contribution in [0.1, 0.15) is 13.8 Å². The largest absolute Gasteiger partial charge is 0.366 e. The Bertz CT molecular complexity index is 738. The average molecular weight is 309 g/mol. The highest BCUT2D eigenvalue weighted by atomic mass is 19.1. The molecule has 0 aromatic heterocycles. The maximum atomic E-state index is 13.1. The van der Waals surface area contributed by atoms with E-state index in [-0.39, 0.29) is 5.82 Å². The molecular formula is C19H20FN3. The van der Waals surface area contributed by atoms with Gasteiger partial charge in [0.05, 0.1) is 12.2 Å². The van der Waals surface area contributed by atoms with Crippen molar-refractivity contribution < 1.29 is 4.39 Å². The van der Waals surface area contributed by atoms with Crippen LogP contribution in [0.2, 0.25) is 0 Å². The van der Waals surface area contributed by atoms with Crippen LogP contribution in [0.5, 0.6) is 0 Å². The predicted octanol–water partition coefficient (Wildman–Crippen LogP) is 4.24. The van der Waals surface area contributed by atoms with Gasteiger partial charge in [-0.3, -0.25) is 4.90 Å². The van der Waals surface area contributed by atoms with Gasteiger partial charge < -0.3 is 4.90 Å². The second kappa shape index (κ2) is 6.24. The summed E-state index contributed by atoms with van der Waals surface area (Å²) in [5, 5.41) is 0. The molecule has 4 heteroatoms. The third kappa shape index (κ3) is 3.11. The molecule has 2 aliphatic heterocycles. The lowest BCUT2D eigenvalue weighted by atomic mass is 10.1. The SMILES string of the molecule is C=C1C=C(CN(CC)c2ccc(F)cc2)N=C2C=CC=C(C)N12. The van der Waals surface area contributed by atoms with Crippen LogP contribution >= 0.6 is 0 Å². The first-order chi connectivity index (χ1) is 11.1. The summed E-state index contributed by atoms with van der Waals surface area (Å²) in [7, 11) is 0. The number of aliphatic imine (C=N–C) groups is 1. The fourth-order valence-electron chi connectivity index (χ4n) is 2.81. The van der Waals surface area contributed by atoms with Gasteiger partial charge in [-0.25, -0.2) is 9.38 Å². The number of halogens is 1. The number of nitrogens with zero attached hydrogens (tertiary/aromatic N) is 3. The van der Waals surface area contributed by atoms with Gasteiger partial charge in [0.2, 0.25) is 0 Å². The maximum Gasteiger partial charge on any atom is 0.137 e. The molecule has 118 valence electrons. The monoisotopic (exact) mass is 309 g/mol. The van der Waals surface area contributed by atoms with Gasteiger partial charge in [0.15, 0.2) is 0 Å². The second-order valence-electron chi connectivity index (χ2n) is 5.59. The fraction of sp³-hybridized carbons (Fsp3) is 0.211. The van der Waals surface area contributed by atoms with Crippen LogP contribution in [0.3, 0.4) is 0 Å². The van der Waals surface area contributed by atoms with Gasteiger partial charge in [-0.05, 0) is 56.3 Å². The van der Waals surface area contributed by atoms with Gasteiger partial charge in [0.25, 0.3) is 0 Å². The first-order valence-electron chi connectivity index (χ1n) is 7.72. The van der Waals surface area contributed by atoms with E-state index in [4.69, 9.17) is 4.99 Å². The molecule has 0 unspecified atom stereocenters. The van der Waals surface area contributed by atoms with Crippen molar-refractivity contribution in [2.24, 2.45) is 4.99 Å². The molecule has 0 amide bonds. The van der Waals surface area contributed by atoms with Crippen molar-refractivity contribution >= 4 is 11.5 Å². The lowest BCUT2D eigenvalue weighted by molar-refractivity contribution is 0.627. The van der Waals surface area contributed by atoms with Gasteiger partial charge >= 0.3 is 0 Å². The standard InChI is InChI=1S/C19H20FN3/c1-4-22(18-10-8-16(20)9-11-18)13-17-12-15(3)23-14(2)6-5-7-19(23)21-17/h5-12H,3-4,13H2,1-2H3. The van der Waals surface area contributed by atoms with Crippen LogP contribution in [0.15, 0.2) is 77.2 Å². The molecule has 0 atom stereocenters. The lowest BCUT2D eigenvalue weighted by Gasteiger charge is -2.32. The van der Waals surface area contributed by atoms with Crippen LogP contribution in [-0.2, 0) is 0 Å². The molecule has 0 radical (unpaired) electrons. The number of anilines is 1. The molecule has 23 heavy (non-hydrogen) atoms. The summed E-state index contributed by atoms with van der Waals surface area (Å²) in [6.45, 7) is 9.74. The van der Waals surface area contributed by atoms with Crippen molar-refractivity contribution in [2.45, 2.75) is 13.8 Å². The Morgan fingerprint density at radius 3 is 2.70 bits per heavy atom. The van der Waals surface area contributed by atoms with Crippen molar-refractivity contribution in [3.63, 3.8) is 0 Å². The van der Waals surface area contributed by atoms with E-state index in [1.165, 1.54) is 12.1 Å². The number of fused-ring (bicyclic) bond motifs is 1. The minimum absolute atomic E-state index is 0.222. The van der Waals surface area contributed by atoms with Crippen molar-refractivity contribution in [1.29, 1.82) is 0 Å². The van der Waals surface area contributed by atoms with E-state index in [1.807, 2.05) is 36.1 Å². The molecule has 1 aromatic rings. The molecular weight excluding hydrogens is 289 g/mol. The van der Waals surface area contributed by atoms with E-state index in [0.717, 1.165) is 35.2 Å². The van der Waals surface area contributed by atoms with Gasteiger partial charge in [-0.15, -0.1) is 0 Å². The molecule has 0 bridgehead atoms. The quantitative estimate of drug-likeness (QED) is 0.828. The number of rotatable bonds is 4. The van der Waals surface area contributed by atoms with E-state index in [9.17, 15) is 4.39 Å². The highest BCUT2D eigenvalue weighted by Gasteiger charge is 2.21. The summed E-state index contributed by atoms with van der Waals surface area (Å²) in [5.41, 5.74) is 3.96. The normalized spacial score (nSPS) is 16.6. The van der Waals surface area contributed by atoms with Crippen LogP contribution in [0.4, 0.5) is 10.1 Å². The molecule has 1 aromatic carbocycles. The number of amidine groups is 1. The van der Waals surface area contributed by atoms with Crippen LogP contribution in [0.25, 0.3) is 0 Å². The Balaban J connectivity index is 1.82. The molecule has 0 aliphatic carbocycles. The summed E-state index contributed by atoms with van der Waals surface area (Å²) in [4.78, 5) is 8.93. The molecule has 0 saturated carbocycles. The predicted molar refractivity (Wildman–Crippen MR) is 93.7 cm³/mol. The smallest absolute Gasteiger partial charge is 0.137 e. The summed E-state index contributed by atoms with van der Waals surface area (Å²) < 4.78 is 13.1. The number of benzene rings is 1. The van der Waals surface area contributed by atoms with Crippen LogP contribution in [-0.4, -0.2) is 23.8 Å². The van der Waals surface area contributed by atoms with Crippen molar-refractivity contribution in [3.05, 3.63) is 78.1 Å². The Morgan fingerprint density at radius 1 is 1.26 bits per heavy atom. The van der Waals surface area contributed by atoms with Crippen LogP contribution < -0.4 is 4.90 Å². The maximum absolute atomic E-state index is 13.1. The molecule has 0 spiro atoms. The van der Waals surface area contributed by atoms with Gasteiger partial charge in [0, 0.05) is 23.6 Å². The van der Waals surface area contributed by atoms with E-state index in [2.05, 4.69) is 18.4 Å². The van der Waals surface area contributed by atoms with Crippen molar-refractivity contribution in [1.82, 2.24) is 4.90 Å². The minimum Gasteiger partial charge on any atom is -0.366 e. The van der Waals surface area contributed by atoms with Crippen molar-refractivity contribution in [2.75, 3.05) is 18.0 Å². The summed E-state index contributed by atoms with van der Waals surface area (Å²) >= 11 is 0. The number of likely N-dealkylation sites (N-methyl/N-ethyl adjacent to an activating group) is 1. The summed E-state index contributed by atoms with van der Waals surface area (Å²) in [6.07, 6.45) is 8.03. The van der Waals surface area contributed by atoms with E-state index in [0.29, 0.717) is 6.54 Å². The molecule has 0 N–H and O–H groups in total. The molecule has 0 saturated heterocycles. The van der Waals surface area contributed by atoms with Crippen molar-refractivity contribution in [3.8, 4) is 0 Å². The molecule has 2 heterocycles. The molecule has 2 aliphatic rings.